The van der Waals surface area contributed by atoms with Gasteiger partial charge in [0.1, 0.15) is 5.75 Å². The molecule has 2 heterocycles. The van der Waals surface area contributed by atoms with Gasteiger partial charge in [-0.15, -0.1) is 0 Å². The normalized spacial score (nSPS) is 10.5. The van der Waals surface area contributed by atoms with Crippen LogP contribution in [0.3, 0.4) is 0 Å². The lowest BCUT2D eigenvalue weighted by Crippen LogP contribution is -2.20. The number of aromatic nitrogens is 2. The molecule has 106 valence electrons. The molecule has 0 radical (unpaired) electrons. The molecular weight excluding hydrogens is 294 g/mol. The molecule has 3 aromatic rings. The Hall–Kier alpha value is -2.60. The number of amides is 1. The third-order valence-electron chi connectivity index (χ3n) is 2.69. The lowest BCUT2D eigenvalue weighted by molar-refractivity contribution is -0.118. The third-order valence-corrected chi connectivity index (χ3v) is 2.94. The largest absolute Gasteiger partial charge is 0.484 e. The SMILES string of the molecule is O=C(COc1ccc(Cl)cc1)Nc1noc2ncccc12. The molecule has 0 bridgehead atoms. The number of rotatable bonds is 4. The van der Waals surface area contributed by atoms with Gasteiger partial charge in [0.25, 0.3) is 11.6 Å². The van der Waals surface area contributed by atoms with Gasteiger partial charge in [0.2, 0.25) is 0 Å². The smallest absolute Gasteiger partial charge is 0.263 e. The minimum atomic E-state index is -0.344. The summed E-state index contributed by atoms with van der Waals surface area (Å²) < 4.78 is 10.3. The second-order valence-corrected chi connectivity index (χ2v) is 4.61. The van der Waals surface area contributed by atoms with Crippen molar-refractivity contribution in [2.45, 2.75) is 0 Å². The molecule has 0 saturated heterocycles. The molecule has 1 amide bonds. The lowest BCUT2D eigenvalue weighted by atomic mass is 10.3. The zero-order valence-electron chi connectivity index (χ0n) is 10.7. The molecule has 7 heteroatoms. The van der Waals surface area contributed by atoms with Gasteiger partial charge in [0, 0.05) is 11.2 Å². The van der Waals surface area contributed by atoms with Crippen LogP contribution < -0.4 is 10.1 Å². The van der Waals surface area contributed by atoms with E-state index in [1.54, 1.807) is 42.6 Å². The summed E-state index contributed by atoms with van der Waals surface area (Å²) in [7, 11) is 0. The summed E-state index contributed by atoms with van der Waals surface area (Å²) in [5.74, 6) is 0.535. The van der Waals surface area contributed by atoms with Crippen molar-refractivity contribution in [3.8, 4) is 5.75 Å². The Morgan fingerprint density at radius 2 is 2.10 bits per heavy atom. The predicted molar refractivity (Wildman–Crippen MR) is 77.4 cm³/mol. The minimum absolute atomic E-state index is 0.143. The number of benzene rings is 1. The second-order valence-electron chi connectivity index (χ2n) is 4.18. The third kappa shape index (κ3) is 3.11. The first-order valence-corrected chi connectivity index (χ1v) is 6.49. The molecule has 0 saturated carbocycles. The molecular formula is C14H10ClN3O3. The molecule has 1 N–H and O–H groups in total. The molecule has 3 rings (SSSR count). The maximum absolute atomic E-state index is 11.8. The Morgan fingerprint density at radius 3 is 2.90 bits per heavy atom. The van der Waals surface area contributed by atoms with Gasteiger partial charge in [-0.05, 0) is 36.4 Å². The summed E-state index contributed by atoms with van der Waals surface area (Å²) >= 11 is 5.77. The summed E-state index contributed by atoms with van der Waals surface area (Å²) in [5.41, 5.74) is 0.367. The van der Waals surface area contributed by atoms with Crippen LogP contribution in [0.2, 0.25) is 5.02 Å². The number of fused-ring (bicyclic) bond motifs is 1. The molecule has 0 aliphatic heterocycles. The van der Waals surface area contributed by atoms with Crippen molar-refractivity contribution >= 4 is 34.4 Å². The first-order valence-electron chi connectivity index (χ1n) is 6.11. The van der Waals surface area contributed by atoms with Crippen molar-refractivity contribution in [1.82, 2.24) is 10.1 Å². The summed E-state index contributed by atoms with van der Waals surface area (Å²) in [5, 5.41) is 7.61. The van der Waals surface area contributed by atoms with Gasteiger partial charge in [-0.25, -0.2) is 4.98 Å². The Bertz CT molecular complexity index is 770. The highest BCUT2D eigenvalue weighted by Gasteiger charge is 2.12. The van der Waals surface area contributed by atoms with Crippen molar-refractivity contribution in [3.63, 3.8) is 0 Å². The van der Waals surface area contributed by atoms with Crippen LogP contribution >= 0.6 is 11.6 Å². The maximum atomic E-state index is 11.8. The van der Waals surface area contributed by atoms with E-state index < -0.39 is 0 Å². The Kier molecular flexibility index (Phi) is 3.70. The van der Waals surface area contributed by atoms with Gasteiger partial charge in [0.15, 0.2) is 12.4 Å². The van der Waals surface area contributed by atoms with E-state index in [1.165, 1.54) is 0 Å². The summed E-state index contributed by atoms with van der Waals surface area (Å²) in [6.45, 7) is -0.143. The van der Waals surface area contributed by atoms with Crippen LogP contribution in [0, 0.1) is 0 Å². The van der Waals surface area contributed by atoms with Crippen LogP contribution in [0.15, 0.2) is 47.1 Å². The van der Waals surface area contributed by atoms with Crippen molar-refractivity contribution in [1.29, 1.82) is 0 Å². The average molecular weight is 304 g/mol. The van der Waals surface area contributed by atoms with Gasteiger partial charge < -0.3 is 14.6 Å². The fraction of sp³-hybridized carbons (Fsp3) is 0.0714. The van der Waals surface area contributed by atoms with Crippen molar-refractivity contribution in [2.24, 2.45) is 0 Å². The van der Waals surface area contributed by atoms with Crippen LogP contribution in [0.25, 0.3) is 11.1 Å². The van der Waals surface area contributed by atoms with Gasteiger partial charge in [-0.2, -0.15) is 0 Å². The van der Waals surface area contributed by atoms with E-state index in [0.29, 0.717) is 27.7 Å². The first-order chi connectivity index (χ1) is 10.2. The zero-order valence-corrected chi connectivity index (χ0v) is 11.5. The number of nitrogens with one attached hydrogen (secondary N) is 1. The number of carbonyl (C=O) groups excluding carboxylic acids is 1. The molecule has 0 spiro atoms. The molecule has 0 aliphatic rings. The van der Waals surface area contributed by atoms with E-state index >= 15 is 0 Å². The zero-order chi connectivity index (χ0) is 14.7. The fourth-order valence-electron chi connectivity index (χ4n) is 1.72. The van der Waals surface area contributed by atoms with Gasteiger partial charge in [-0.3, -0.25) is 4.79 Å². The van der Waals surface area contributed by atoms with Crippen LogP contribution in [0.1, 0.15) is 0 Å². The number of anilines is 1. The molecule has 2 aromatic heterocycles. The summed E-state index contributed by atoms with van der Waals surface area (Å²) in [6.07, 6.45) is 1.59. The highest BCUT2D eigenvalue weighted by atomic mass is 35.5. The Labute approximate surface area is 124 Å². The molecule has 0 aliphatic carbocycles. The van der Waals surface area contributed by atoms with E-state index in [0.717, 1.165) is 0 Å². The Balaban J connectivity index is 1.62. The molecule has 0 atom stereocenters. The van der Waals surface area contributed by atoms with Crippen LogP contribution in [0.5, 0.6) is 5.75 Å². The van der Waals surface area contributed by atoms with Crippen molar-refractivity contribution in [2.75, 3.05) is 11.9 Å². The molecule has 21 heavy (non-hydrogen) atoms. The lowest BCUT2D eigenvalue weighted by Gasteiger charge is -2.05. The first kappa shape index (κ1) is 13.4. The van der Waals surface area contributed by atoms with E-state index in [-0.39, 0.29) is 12.5 Å². The second kappa shape index (κ2) is 5.80. The van der Waals surface area contributed by atoms with Crippen LogP contribution in [0.4, 0.5) is 5.82 Å². The number of hydrogen-bond donors (Lipinski definition) is 1. The number of nitrogens with zero attached hydrogens (tertiary/aromatic N) is 2. The van der Waals surface area contributed by atoms with Crippen molar-refractivity contribution in [3.05, 3.63) is 47.6 Å². The highest BCUT2D eigenvalue weighted by molar-refractivity contribution is 6.30. The average Bonchev–Trinajstić information content (AvgIpc) is 2.90. The van der Waals surface area contributed by atoms with E-state index in [9.17, 15) is 4.79 Å². The van der Waals surface area contributed by atoms with Crippen molar-refractivity contribution < 1.29 is 14.1 Å². The number of hydrogen-bond acceptors (Lipinski definition) is 5. The highest BCUT2D eigenvalue weighted by Crippen LogP contribution is 2.20. The van der Waals surface area contributed by atoms with Crippen LogP contribution in [-0.4, -0.2) is 22.7 Å². The molecule has 1 aromatic carbocycles. The van der Waals surface area contributed by atoms with E-state index in [4.69, 9.17) is 20.9 Å². The van der Waals surface area contributed by atoms with Gasteiger partial charge in [0.05, 0.1) is 5.39 Å². The quantitative estimate of drug-likeness (QED) is 0.802. The Morgan fingerprint density at radius 1 is 1.29 bits per heavy atom. The predicted octanol–water partition coefficient (Wildman–Crippen LogP) is 2.89. The molecule has 6 nitrogen and oxygen atoms in total. The number of halogens is 1. The van der Waals surface area contributed by atoms with E-state index in [1.807, 2.05) is 0 Å². The topological polar surface area (TPSA) is 77.2 Å². The number of carbonyl (C=O) groups is 1. The fourth-order valence-corrected chi connectivity index (χ4v) is 1.85. The van der Waals surface area contributed by atoms with Crippen LogP contribution in [-0.2, 0) is 4.79 Å². The summed E-state index contributed by atoms with van der Waals surface area (Å²) in [4.78, 5) is 15.8. The van der Waals surface area contributed by atoms with Gasteiger partial charge >= 0.3 is 0 Å². The summed E-state index contributed by atoms with van der Waals surface area (Å²) in [6, 6.07) is 10.2. The molecule has 0 unspecified atom stereocenters. The van der Waals surface area contributed by atoms with E-state index in [2.05, 4.69) is 15.5 Å². The van der Waals surface area contributed by atoms with Gasteiger partial charge in [-0.1, -0.05) is 16.8 Å². The minimum Gasteiger partial charge on any atom is -0.484 e. The standard InChI is InChI=1S/C14H10ClN3O3/c15-9-3-5-10(6-4-9)20-8-12(19)17-13-11-2-1-7-16-14(11)21-18-13/h1-7H,8H2,(H,17,18,19). The molecule has 0 fully saturated rings. The maximum Gasteiger partial charge on any atom is 0.263 e. The number of ether oxygens (including phenoxy) is 1. The monoisotopic (exact) mass is 303 g/mol. The number of pyridine rings is 1.